The van der Waals surface area contributed by atoms with Crippen molar-refractivity contribution in [3.05, 3.63) is 23.8 Å². The Hall–Kier alpha value is -1.48. The van der Waals surface area contributed by atoms with Crippen molar-refractivity contribution in [1.29, 1.82) is 0 Å². The molecule has 1 aromatic rings. The number of benzene rings is 1. The number of sulfonamides is 1. The Morgan fingerprint density at radius 3 is 2.37 bits per heavy atom. The Morgan fingerprint density at radius 1 is 1.19 bits per heavy atom. The summed E-state index contributed by atoms with van der Waals surface area (Å²) in [6.07, 6.45) is 0.946. The van der Waals surface area contributed by atoms with Crippen LogP contribution in [0.4, 0.5) is 5.69 Å². The minimum absolute atomic E-state index is 0.185. The molecule has 2 N–H and O–H groups in total. The van der Waals surface area contributed by atoms with E-state index in [2.05, 4.69) is 15.5 Å². The van der Waals surface area contributed by atoms with Gasteiger partial charge in [-0.1, -0.05) is 19.9 Å². The number of rotatable bonds is 11. The Kier molecular flexibility index (Phi) is 9.38. The van der Waals surface area contributed by atoms with Crippen LogP contribution in [0.5, 0.6) is 0 Å². The van der Waals surface area contributed by atoms with Crippen molar-refractivity contribution in [1.82, 2.24) is 14.5 Å². The van der Waals surface area contributed by atoms with Crippen molar-refractivity contribution in [3.8, 4) is 0 Å². The Morgan fingerprint density at radius 2 is 1.81 bits per heavy atom. The molecular formula is C19H34N4O3S. The Bertz CT molecular complexity index is 716. The van der Waals surface area contributed by atoms with Crippen LogP contribution in [0.15, 0.2) is 23.1 Å². The summed E-state index contributed by atoms with van der Waals surface area (Å²) in [5.41, 5.74) is 1.15. The molecule has 154 valence electrons. The fourth-order valence-electron chi connectivity index (χ4n) is 2.72. The number of anilines is 1. The van der Waals surface area contributed by atoms with E-state index in [0.29, 0.717) is 24.3 Å². The molecule has 0 heterocycles. The maximum atomic E-state index is 12.8. The summed E-state index contributed by atoms with van der Waals surface area (Å²) in [6, 6.07) is 4.63. The molecule has 0 unspecified atom stereocenters. The maximum Gasteiger partial charge on any atom is 0.243 e. The maximum absolute atomic E-state index is 12.8. The molecule has 0 bridgehead atoms. The second-order valence-corrected chi connectivity index (χ2v) is 8.80. The minimum atomic E-state index is -3.57. The van der Waals surface area contributed by atoms with Crippen LogP contribution in [0.25, 0.3) is 0 Å². The van der Waals surface area contributed by atoms with Gasteiger partial charge in [0.1, 0.15) is 0 Å². The highest BCUT2D eigenvalue weighted by molar-refractivity contribution is 7.89. The highest BCUT2D eigenvalue weighted by Gasteiger charge is 2.24. The van der Waals surface area contributed by atoms with Crippen LogP contribution in [-0.2, 0) is 14.8 Å². The number of amides is 1. The number of carbonyl (C=O) groups excluding carboxylic acids is 1. The van der Waals surface area contributed by atoms with E-state index in [1.165, 1.54) is 4.31 Å². The third kappa shape index (κ3) is 6.88. The topological polar surface area (TPSA) is 81.8 Å². The van der Waals surface area contributed by atoms with Crippen molar-refractivity contribution in [2.24, 2.45) is 0 Å². The summed E-state index contributed by atoms with van der Waals surface area (Å²) in [4.78, 5) is 14.7. The molecule has 1 atom stereocenters. The molecule has 1 aromatic carbocycles. The predicted molar refractivity (Wildman–Crippen MR) is 111 cm³/mol. The molecule has 1 amide bonds. The van der Waals surface area contributed by atoms with E-state index in [4.69, 9.17) is 0 Å². The van der Waals surface area contributed by atoms with Gasteiger partial charge in [0, 0.05) is 18.8 Å². The number of carbonyl (C=O) groups is 1. The van der Waals surface area contributed by atoms with Gasteiger partial charge in [0.15, 0.2) is 0 Å². The minimum Gasteiger partial charge on any atom is -0.325 e. The van der Waals surface area contributed by atoms with E-state index < -0.39 is 10.0 Å². The molecule has 8 heteroatoms. The van der Waals surface area contributed by atoms with Crippen LogP contribution in [0.1, 0.15) is 32.8 Å². The molecular weight excluding hydrogens is 364 g/mol. The van der Waals surface area contributed by atoms with Crippen LogP contribution in [0.3, 0.4) is 0 Å². The van der Waals surface area contributed by atoms with Crippen LogP contribution in [0.2, 0.25) is 0 Å². The molecule has 0 fully saturated rings. The quantitative estimate of drug-likeness (QED) is 0.557. The van der Waals surface area contributed by atoms with Crippen molar-refractivity contribution >= 4 is 21.6 Å². The lowest BCUT2D eigenvalue weighted by molar-refractivity contribution is -0.117. The Labute approximate surface area is 164 Å². The van der Waals surface area contributed by atoms with E-state index in [-0.39, 0.29) is 16.8 Å². The smallest absolute Gasteiger partial charge is 0.243 e. The lowest BCUT2D eigenvalue weighted by Crippen LogP contribution is -2.39. The van der Waals surface area contributed by atoms with E-state index in [1.54, 1.807) is 32.0 Å². The first-order chi connectivity index (χ1) is 12.6. The lowest BCUT2D eigenvalue weighted by atomic mass is 10.2. The molecule has 0 saturated heterocycles. The van der Waals surface area contributed by atoms with Gasteiger partial charge in [-0.3, -0.25) is 4.79 Å². The van der Waals surface area contributed by atoms with Gasteiger partial charge >= 0.3 is 0 Å². The third-order valence-corrected chi connectivity index (χ3v) is 6.60. The normalized spacial score (nSPS) is 13.2. The predicted octanol–water partition coefficient (Wildman–Crippen LogP) is 1.89. The lowest BCUT2D eigenvalue weighted by Gasteiger charge is -2.21. The fourth-order valence-corrected chi connectivity index (χ4v) is 4.42. The zero-order valence-corrected chi connectivity index (χ0v) is 18.2. The fraction of sp³-hybridized carbons (Fsp3) is 0.632. The third-order valence-electron chi connectivity index (χ3n) is 4.40. The van der Waals surface area contributed by atoms with E-state index in [9.17, 15) is 13.2 Å². The molecule has 27 heavy (non-hydrogen) atoms. The first kappa shape index (κ1) is 23.6. The summed E-state index contributed by atoms with van der Waals surface area (Å²) < 4.78 is 27.0. The SMILES string of the molecule is CCN(CC)S(=O)(=O)c1cc(NC(=O)[C@@H](C)NCCCN(C)C)ccc1C. The van der Waals surface area contributed by atoms with Crippen molar-refractivity contribution in [3.63, 3.8) is 0 Å². The second kappa shape index (κ2) is 10.8. The van der Waals surface area contributed by atoms with Crippen LogP contribution in [0, 0.1) is 6.92 Å². The largest absolute Gasteiger partial charge is 0.325 e. The number of hydrogen-bond acceptors (Lipinski definition) is 5. The summed E-state index contributed by atoms with van der Waals surface area (Å²) >= 11 is 0. The first-order valence-electron chi connectivity index (χ1n) is 9.43. The molecule has 0 radical (unpaired) electrons. The van der Waals surface area contributed by atoms with Gasteiger partial charge < -0.3 is 15.5 Å². The van der Waals surface area contributed by atoms with Gasteiger partial charge in [0.05, 0.1) is 10.9 Å². The van der Waals surface area contributed by atoms with Crippen LogP contribution < -0.4 is 10.6 Å². The van der Waals surface area contributed by atoms with Gasteiger partial charge in [-0.25, -0.2) is 8.42 Å². The summed E-state index contributed by atoms with van der Waals surface area (Å²) in [5.74, 6) is -0.185. The standard InChI is InChI=1S/C19H34N4O3S/c1-7-23(8-2)27(25,26)18-14-17(11-10-15(18)3)21-19(24)16(4)20-12-9-13-22(5)6/h10-11,14,16,20H,7-9,12-13H2,1-6H3,(H,21,24)/t16-/m1/s1. The van der Waals surface area contributed by atoms with Gasteiger partial charge in [-0.05, 0) is 65.1 Å². The van der Waals surface area contributed by atoms with E-state index in [1.807, 2.05) is 27.9 Å². The monoisotopic (exact) mass is 398 g/mol. The zero-order chi connectivity index (χ0) is 20.6. The summed E-state index contributed by atoms with van der Waals surface area (Å²) in [6.45, 7) is 9.68. The van der Waals surface area contributed by atoms with Crippen molar-refractivity contribution in [2.75, 3.05) is 45.6 Å². The number of nitrogens with zero attached hydrogens (tertiary/aromatic N) is 2. The second-order valence-electron chi connectivity index (χ2n) is 6.89. The van der Waals surface area contributed by atoms with Crippen LogP contribution in [-0.4, -0.2) is 69.8 Å². The molecule has 0 aliphatic rings. The Balaban J connectivity index is 2.83. The van der Waals surface area contributed by atoms with Gasteiger partial charge in [0.25, 0.3) is 0 Å². The molecule has 0 saturated carbocycles. The molecule has 0 aromatic heterocycles. The number of hydrogen-bond donors (Lipinski definition) is 2. The van der Waals surface area contributed by atoms with E-state index in [0.717, 1.165) is 19.5 Å². The highest BCUT2D eigenvalue weighted by atomic mass is 32.2. The van der Waals surface area contributed by atoms with Gasteiger partial charge in [0.2, 0.25) is 15.9 Å². The molecule has 0 aliphatic carbocycles. The van der Waals surface area contributed by atoms with E-state index >= 15 is 0 Å². The van der Waals surface area contributed by atoms with Gasteiger partial charge in [-0.2, -0.15) is 4.31 Å². The van der Waals surface area contributed by atoms with Crippen molar-refractivity contribution in [2.45, 2.75) is 45.1 Å². The molecule has 7 nitrogen and oxygen atoms in total. The first-order valence-corrected chi connectivity index (χ1v) is 10.9. The zero-order valence-electron chi connectivity index (χ0n) is 17.4. The van der Waals surface area contributed by atoms with Gasteiger partial charge in [-0.15, -0.1) is 0 Å². The molecule has 0 spiro atoms. The molecule has 0 aliphatic heterocycles. The summed E-state index contributed by atoms with van der Waals surface area (Å²) in [7, 11) is 0.448. The van der Waals surface area contributed by atoms with Crippen LogP contribution >= 0.6 is 0 Å². The number of nitrogens with one attached hydrogen (secondary N) is 2. The average molecular weight is 399 g/mol. The summed E-state index contributed by atoms with van der Waals surface area (Å²) in [5, 5.41) is 6.00. The number of aryl methyl sites for hydroxylation is 1. The average Bonchev–Trinajstić information content (AvgIpc) is 2.60. The van der Waals surface area contributed by atoms with Crippen molar-refractivity contribution < 1.29 is 13.2 Å². The molecule has 1 rings (SSSR count). The highest BCUT2D eigenvalue weighted by Crippen LogP contribution is 2.23.